The molecule has 6 nitrogen and oxygen atoms in total. The van der Waals surface area contributed by atoms with Gasteiger partial charge in [0.2, 0.25) is 5.91 Å². The molecule has 0 bridgehead atoms. The first kappa shape index (κ1) is 16.2. The molecule has 24 heavy (non-hydrogen) atoms. The summed E-state index contributed by atoms with van der Waals surface area (Å²) < 4.78 is 0. The van der Waals surface area contributed by atoms with Crippen molar-refractivity contribution in [2.75, 3.05) is 0 Å². The van der Waals surface area contributed by atoms with Crippen molar-refractivity contribution in [2.45, 2.75) is 24.9 Å². The van der Waals surface area contributed by atoms with Gasteiger partial charge in [-0.1, -0.05) is 36.4 Å². The molecule has 0 spiro atoms. The topological polar surface area (TPSA) is 87.3 Å². The highest BCUT2D eigenvalue weighted by atomic mass is 32.1. The van der Waals surface area contributed by atoms with Crippen LogP contribution in [0.2, 0.25) is 0 Å². The van der Waals surface area contributed by atoms with Gasteiger partial charge in [0.25, 0.3) is 5.91 Å². The molecule has 0 radical (unpaired) electrons. The first-order valence-electron chi connectivity index (χ1n) is 7.62. The summed E-state index contributed by atoms with van der Waals surface area (Å²) in [4.78, 5) is 35.9. The largest absolute Gasteiger partial charge is 0.344 e. The van der Waals surface area contributed by atoms with Crippen molar-refractivity contribution < 1.29 is 14.4 Å². The molecule has 3 N–H and O–H groups in total. The molecule has 2 atom stereocenters. The third-order valence-corrected chi connectivity index (χ3v) is 4.72. The van der Waals surface area contributed by atoms with E-state index in [1.54, 1.807) is 11.3 Å². The van der Waals surface area contributed by atoms with Gasteiger partial charge in [-0.2, -0.15) is 0 Å². The fourth-order valence-electron chi connectivity index (χ4n) is 2.59. The van der Waals surface area contributed by atoms with Crippen LogP contribution in [0.1, 0.15) is 29.3 Å². The van der Waals surface area contributed by atoms with Crippen LogP contribution in [0, 0.1) is 0 Å². The van der Waals surface area contributed by atoms with Crippen molar-refractivity contribution in [3.05, 3.63) is 58.3 Å². The van der Waals surface area contributed by atoms with Gasteiger partial charge in [-0.25, -0.2) is 4.79 Å². The Hall–Kier alpha value is -2.67. The second-order valence-corrected chi connectivity index (χ2v) is 6.46. The van der Waals surface area contributed by atoms with E-state index in [0.29, 0.717) is 0 Å². The van der Waals surface area contributed by atoms with Crippen LogP contribution in [0.15, 0.2) is 47.8 Å². The van der Waals surface area contributed by atoms with E-state index in [9.17, 15) is 14.4 Å². The van der Waals surface area contributed by atoms with Crippen molar-refractivity contribution in [3.8, 4) is 0 Å². The fraction of sp³-hybridized carbons (Fsp3) is 0.235. The van der Waals surface area contributed by atoms with Crippen molar-refractivity contribution in [1.29, 1.82) is 0 Å². The molecular weight excluding hydrogens is 326 g/mol. The van der Waals surface area contributed by atoms with Gasteiger partial charge in [0.05, 0.1) is 6.04 Å². The molecule has 0 saturated carbocycles. The van der Waals surface area contributed by atoms with E-state index in [-0.39, 0.29) is 30.7 Å². The zero-order valence-electron chi connectivity index (χ0n) is 12.8. The number of thiophene rings is 1. The van der Waals surface area contributed by atoms with E-state index in [1.807, 2.05) is 47.8 Å². The molecule has 1 fully saturated rings. The average Bonchev–Trinajstić information content (AvgIpc) is 3.21. The van der Waals surface area contributed by atoms with Gasteiger partial charge in [-0.3, -0.25) is 14.9 Å². The van der Waals surface area contributed by atoms with Crippen LogP contribution in [-0.2, 0) is 9.59 Å². The Morgan fingerprint density at radius 3 is 2.58 bits per heavy atom. The highest BCUT2D eigenvalue weighted by molar-refractivity contribution is 7.10. The third-order valence-electron chi connectivity index (χ3n) is 3.78. The number of amides is 4. The van der Waals surface area contributed by atoms with Crippen LogP contribution >= 0.6 is 11.3 Å². The van der Waals surface area contributed by atoms with Crippen LogP contribution < -0.4 is 16.0 Å². The van der Waals surface area contributed by atoms with E-state index >= 15 is 0 Å². The summed E-state index contributed by atoms with van der Waals surface area (Å²) in [5.74, 6) is -0.545. The Morgan fingerprint density at radius 1 is 1.17 bits per heavy atom. The molecule has 2 heterocycles. The molecule has 4 amide bonds. The molecule has 1 aromatic carbocycles. The summed E-state index contributed by atoms with van der Waals surface area (Å²) in [5.41, 5.74) is 1.00. The number of hydrogen-bond donors (Lipinski definition) is 3. The van der Waals surface area contributed by atoms with Crippen LogP contribution in [0.25, 0.3) is 0 Å². The van der Waals surface area contributed by atoms with E-state index in [1.165, 1.54) is 0 Å². The van der Waals surface area contributed by atoms with E-state index in [0.717, 1.165) is 10.4 Å². The number of carbonyl (C=O) groups is 3. The van der Waals surface area contributed by atoms with Crippen molar-refractivity contribution in [1.82, 2.24) is 16.0 Å². The Bertz CT molecular complexity index is 731. The maximum atomic E-state index is 12.3. The summed E-state index contributed by atoms with van der Waals surface area (Å²) in [6.07, 6.45) is 0.433. The number of benzene rings is 1. The predicted molar refractivity (Wildman–Crippen MR) is 90.4 cm³/mol. The average molecular weight is 343 g/mol. The van der Waals surface area contributed by atoms with Gasteiger partial charge in [0.1, 0.15) is 6.04 Å². The first-order valence-corrected chi connectivity index (χ1v) is 8.50. The van der Waals surface area contributed by atoms with Crippen LogP contribution in [0.4, 0.5) is 4.79 Å². The molecular formula is C17H17N3O3S. The number of urea groups is 1. The first-order chi connectivity index (χ1) is 11.6. The maximum Gasteiger partial charge on any atom is 0.322 e. The summed E-state index contributed by atoms with van der Waals surface area (Å²) in [5, 5.41) is 9.64. The zero-order chi connectivity index (χ0) is 16.9. The Kier molecular flexibility index (Phi) is 4.90. The minimum absolute atomic E-state index is 0.160. The minimum Gasteiger partial charge on any atom is -0.344 e. The van der Waals surface area contributed by atoms with Crippen LogP contribution in [-0.4, -0.2) is 23.9 Å². The van der Waals surface area contributed by atoms with Crippen molar-refractivity contribution in [3.63, 3.8) is 0 Å². The molecule has 1 aromatic heterocycles. The van der Waals surface area contributed by atoms with Crippen LogP contribution in [0.3, 0.4) is 0 Å². The number of nitrogens with one attached hydrogen (secondary N) is 3. The lowest BCUT2D eigenvalue weighted by atomic mass is 10.0. The summed E-state index contributed by atoms with van der Waals surface area (Å²) in [7, 11) is 0. The van der Waals surface area contributed by atoms with Crippen molar-refractivity contribution in [2.24, 2.45) is 0 Å². The molecule has 1 aliphatic rings. The minimum atomic E-state index is -0.639. The van der Waals surface area contributed by atoms with Gasteiger partial charge in [-0.05, 0) is 23.4 Å². The van der Waals surface area contributed by atoms with Gasteiger partial charge in [-0.15, -0.1) is 11.3 Å². The summed E-state index contributed by atoms with van der Waals surface area (Å²) in [6, 6.07) is 12.3. The van der Waals surface area contributed by atoms with E-state index in [4.69, 9.17) is 0 Å². The molecule has 0 aliphatic carbocycles. The lowest BCUT2D eigenvalue weighted by Crippen LogP contribution is -2.33. The van der Waals surface area contributed by atoms with Gasteiger partial charge < -0.3 is 10.6 Å². The molecule has 3 rings (SSSR count). The lowest BCUT2D eigenvalue weighted by Gasteiger charge is -2.18. The third kappa shape index (κ3) is 3.80. The fourth-order valence-corrected chi connectivity index (χ4v) is 3.39. The monoisotopic (exact) mass is 343 g/mol. The Morgan fingerprint density at radius 2 is 1.96 bits per heavy atom. The summed E-state index contributed by atoms with van der Waals surface area (Å²) in [6.45, 7) is 0. The van der Waals surface area contributed by atoms with Crippen LogP contribution in [0.5, 0.6) is 0 Å². The number of hydrogen-bond acceptors (Lipinski definition) is 4. The number of imide groups is 1. The smallest absolute Gasteiger partial charge is 0.322 e. The molecule has 1 aliphatic heterocycles. The highest BCUT2D eigenvalue weighted by Gasteiger charge is 2.29. The quantitative estimate of drug-likeness (QED) is 0.701. The lowest BCUT2D eigenvalue weighted by molar-refractivity contribution is -0.122. The molecule has 124 valence electrons. The summed E-state index contributed by atoms with van der Waals surface area (Å²) >= 11 is 1.58. The zero-order valence-corrected chi connectivity index (χ0v) is 13.6. The van der Waals surface area contributed by atoms with Crippen molar-refractivity contribution >= 4 is 29.2 Å². The normalized spacial score (nSPS) is 17.9. The second-order valence-electron chi connectivity index (χ2n) is 5.48. The number of carbonyl (C=O) groups excluding carboxylic acids is 3. The van der Waals surface area contributed by atoms with E-state index < -0.39 is 12.1 Å². The SMILES string of the molecule is O=C(CCC1NC(=O)NC1=O)NC(c1ccccc1)c1cccs1. The van der Waals surface area contributed by atoms with Gasteiger partial charge in [0, 0.05) is 11.3 Å². The number of rotatable bonds is 6. The molecule has 7 heteroatoms. The standard InChI is InChI=1S/C17H17N3O3S/c21-14(9-8-12-16(22)20-17(23)18-12)19-15(13-7-4-10-24-13)11-5-2-1-3-6-11/h1-7,10,12,15H,8-9H2,(H,19,21)(H2,18,20,22,23). The molecule has 1 saturated heterocycles. The molecule has 2 aromatic rings. The van der Waals surface area contributed by atoms with E-state index in [2.05, 4.69) is 16.0 Å². The Labute approximate surface area is 143 Å². The predicted octanol–water partition coefficient (Wildman–Crippen LogP) is 1.94. The maximum absolute atomic E-state index is 12.3. The van der Waals surface area contributed by atoms with Gasteiger partial charge in [0.15, 0.2) is 0 Å². The highest BCUT2D eigenvalue weighted by Crippen LogP contribution is 2.26. The van der Waals surface area contributed by atoms with Gasteiger partial charge >= 0.3 is 6.03 Å². The molecule has 2 unspecified atom stereocenters. The Balaban J connectivity index is 1.64. The second kappa shape index (κ2) is 7.27.